The van der Waals surface area contributed by atoms with Crippen LogP contribution < -0.4 is 5.32 Å². The van der Waals surface area contributed by atoms with Crippen LogP contribution in [0, 0.1) is 11.3 Å². The molecule has 224 valence electrons. The fraction of sp³-hybridized carbons (Fsp3) is 0.452. The average Bonchev–Trinajstić information content (AvgIpc) is 3.70. The van der Waals surface area contributed by atoms with Crippen molar-refractivity contribution in [3.8, 4) is 6.07 Å². The van der Waals surface area contributed by atoms with Gasteiger partial charge in [0.15, 0.2) is 5.82 Å². The van der Waals surface area contributed by atoms with Gasteiger partial charge in [-0.2, -0.15) is 10.5 Å². The number of hydrogen-bond acceptors (Lipinski definition) is 8. The van der Waals surface area contributed by atoms with Crippen molar-refractivity contribution in [2.75, 3.05) is 47.8 Å². The highest BCUT2D eigenvalue weighted by Crippen LogP contribution is 2.46. The summed E-state index contributed by atoms with van der Waals surface area (Å²) in [5, 5.41) is 28.2. The molecule has 0 spiro atoms. The number of carbonyl (C=O) groups excluding carboxylic acids is 3. The van der Waals surface area contributed by atoms with Gasteiger partial charge in [0.25, 0.3) is 11.8 Å². The first-order chi connectivity index (χ1) is 20.7. The molecule has 3 amide bonds. The number of hydrogen-bond donors (Lipinski definition) is 2. The second-order valence-electron chi connectivity index (χ2n) is 11.6. The normalized spacial score (nSPS) is 16.9. The summed E-state index contributed by atoms with van der Waals surface area (Å²) in [7, 11) is 6.91. The Morgan fingerprint density at radius 1 is 1.02 bits per heavy atom. The zero-order valence-corrected chi connectivity index (χ0v) is 25.1. The van der Waals surface area contributed by atoms with Crippen LogP contribution in [0.1, 0.15) is 68.1 Å². The van der Waals surface area contributed by atoms with Crippen molar-refractivity contribution < 1.29 is 14.4 Å². The minimum absolute atomic E-state index is 0.0913. The molecule has 1 unspecified atom stereocenters. The number of fused-ring (bicyclic) bond motifs is 2. The second kappa shape index (κ2) is 12.3. The maximum absolute atomic E-state index is 12.9. The minimum Gasteiger partial charge on any atom is -0.345 e. The van der Waals surface area contributed by atoms with Gasteiger partial charge in [0.1, 0.15) is 6.04 Å². The van der Waals surface area contributed by atoms with E-state index in [1.807, 2.05) is 36.4 Å². The number of benzene rings is 2. The van der Waals surface area contributed by atoms with E-state index < -0.39 is 5.41 Å². The molecule has 3 aromatic rings. The van der Waals surface area contributed by atoms with Crippen LogP contribution in [0.3, 0.4) is 0 Å². The van der Waals surface area contributed by atoms with E-state index in [9.17, 15) is 19.6 Å². The van der Waals surface area contributed by atoms with Gasteiger partial charge in [-0.15, -0.1) is 10.2 Å². The molecule has 0 saturated carbocycles. The van der Waals surface area contributed by atoms with Gasteiger partial charge < -0.3 is 20.0 Å². The number of aromatic nitrogens is 4. The summed E-state index contributed by atoms with van der Waals surface area (Å²) in [5.74, 6) is 0.184. The van der Waals surface area contributed by atoms with Crippen LogP contribution in [-0.4, -0.2) is 107 Å². The van der Waals surface area contributed by atoms with Crippen LogP contribution in [0.5, 0.6) is 0 Å². The molecule has 2 aromatic carbocycles. The number of aromatic amines is 1. The van der Waals surface area contributed by atoms with Crippen LogP contribution in [0.2, 0.25) is 0 Å². The summed E-state index contributed by atoms with van der Waals surface area (Å²) in [5.41, 5.74) is 4.16. The molecule has 2 heterocycles. The van der Waals surface area contributed by atoms with E-state index in [0.717, 1.165) is 28.7 Å². The Kier molecular flexibility index (Phi) is 8.54. The molecule has 2 N–H and O–H groups in total. The third-order valence-electron chi connectivity index (χ3n) is 8.50. The molecule has 1 saturated heterocycles. The van der Waals surface area contributed by atoms with Crippen molar-refractivity contribution >= 4 is 17.7 Å². The van der Waals surface area contributed by atoms with Gasteiger partial charge >= 0.3 is 0 Å². The minimum atomic E-state index is -0.883. The van der Waals surface area contributed by atoms with Crippen LogP contribution >= 0.6 is 0 Å². The van der Waals surface area contributed by atoms with Gasteiger partial charge in [-0.1, -0.05) is 17.3 Å². The van der Waals surface area contributed by atoms with Crippen molar-refractivity contribution in [1.29, 1.82) is 5.26 Å². The van der Waals surface area contributed by atoms with Gasteiger partial charge in [0, 0.05) is 45.9 Å². The highest BCUT2D eigenvalue weighted by molar-refractivity contribution is 5.95. The lowest BCUT2D eigenvalue weighted by molar-refractivity contribution is -0.130. The Balaban J connectivity index is 1.57. The summed E-state index contributed by atoms with van der Waals surface area (Å²) in [6.07, 6.45) is 3.30. The predicted octanol–water partition coefficient (Wildman–Crippen LogP) is 1.53. The van der Waals surface area contributed by atoms with Crippen molar-refractivity contribution in [2.24, 2.45) is 0 Å². The number of tetrazole rings is 1. The van der Waals surface area contributed by atoms with Gasteiger partial charge in [-0.05, 0) is 85.2 Å². The molecular weight excluding hydrogens is 546 g/mol. The molecule has 43 heavy (non-hydrogen) atoms. The molecule has 0 radical (unpaired) electrons. The Hall–Kier alpha value is -4.63. The molecule has 12 nitrogen and oxygen atoms in total. The van der Waals surface area contributed by atoms with Crippen molar-refractivity contribution in [1.82, 2.24) is 40.6 Å². The summed E-state index contributed by atoms with van der Waals surface area (Å²) in [6.45, 7) is 1.13. The summed E-state index contributed by atoms with van der Waals surface area (Å²) in [6, 6.07) is 13.3. The Morgan fingerprint density at radius 2 is 1.63 bits per heavy atom. The van der Waals surface area contributed by atoms with Gasteiger partial charge in [0.2, 0.25) is 5.91 Å². The largest absolute Gasteiger partial charge is 0.345 e. The van der Waals surface area contributed by atoms with Crippen LogP contribution in [0.25, 0.3) is 0 Å². The lowest BCUT2D eigenvalue weighted by Gasteiger charge is -2.34. The molecule has 1 aliphatic heterocycles. The highest BCUT2D eigenvalue weighted by Gasteiger charge is 2.44. The SMILES string of the molecule is CN(C)C(=O)c1ccc2c(c1)CCc1cc(C(=O)N(C)C)ccc1C2(CCNCC(=O)N1CCCC1C#N)c1nn[nH]n1. The first-order valence-corrected chi connectivity index (χ1v) is 14.5. The summed E-state index contributed by atoms with van der Waals surface area (Å²) < 4.78 is 0. The van der Waals surface area contributed by atoms with E-state index in [1.165, 1.54) is 0 Å². The number of carbonyl (C=O) groups is 3. The molecule has 1 aromatic heterocycles. The number of rotatable bonds is 8. The monoisotopic (exact) mass is 583 g/mol. The maximum Gasteiger partial charge on any atom is 0.253 e. The number of H-pyrrole nitrogens is 1. The molecule has 1 fully saturated rings. The Morgan fingerprint density at radius 3 is 2.14 bits per heavy atom. The van der Waals surface area contributed by atoms with E-state index in [0.29, 0.717) is 55.7 Å². The predicted molar refractivity (Wildman–Crippen MR) is 158 cm³/mol. The molecule has 5 rings (SSSR count). The fourth-order valence-corrected chi connectivity index (χ4v) is 6.37. The Labute approximate surface area is 251 Å². The third kappa shape index (κ3) is 5.60. The number of nitriles is 1. The van der Waals surface area contributed by atoms with Crippen molar-refractivity contribution in [3.63, 3.8) is 0 Å². The van der Waals surface area contributed by atoms with E-state index in [-0.39, 0.29) is 30.3 Å². The van der Waals surface area contributed by atoms with Gasteiger partial charge in [-0.25, -0.2) is 0 Å². The molecular formula is C31H37N9O3. The average molecular weight is 584 g/mol. The van der Waals surface area contributed by atoms with Crippen LogP contribution in [0.4, 0.5) is 0 Å². The second-order valence-corrected chi connectivity index (χ2v) is 11.6. The lowest BCUT2D eigenvalue weighted by Crippen LogP contribution is -2.42. The van der Waals surface area contributed by atoms with E-state index in [1.54, 1.807) is 42.9 Å². The zero-order chi connectivity index (χ0) is 30.7. The molecule has 1 aliphatic carbocycles. The maximum atomic E-state index is 12.9. The lowest BCUT2D eigenvalue weighted by atomic mass is 9.69. The van der Waals surface area contributed by atoms with Crippen LogP contribution in [-0.2, 0) is 23.1 Å². The number of aryl methyl sites for hydroxylation is 2. The summed E-state index contributed by atoms with van der Waals surface area (Å²) >= 11 is 0. The first kappa shape index (κ1) is 29.8. The number of nitrogens with one attached hydrogen (secondary N) is 2. The molecule has 1 atom stereocenters. The fourth-order valence-electron chi connectivity index (χ4n) is 6.37. The third-order valence-corrected chi connectivity index (χ3v) is 8.50. The van der Waals surface area contributed by atoms with Crippen molar-refractivity contribution in [3.05, 3.63) is 75.6 Å². The van der Waals surface area contributed by atoms with E-state index >= 15 is 0 Å². The summed E-state index contributed by atoms with van der Waals surface area (Å²) in [4.78, 5) is 43.5. The first-order valence-electron chi connectivity index (χ1n) is 14.5. The zero-order valence-electron chi connectivity index (χ0n) is 25.1. The quantitative estimate of drug-likeness (QED) is 0.379. The van der Waals surface area contributed by atoms with Crippen LogP contribution in [0.15, 0.2) is 36.4 Å². The number of amides is 3. The topological polar surface area (TPSA) is 151 Å². The smallest absolute Gasteiger partial charge is 0.253 e. The number of nitrogens with zero attached hydrogens (tertiary/aromatic N) is 7. The molecule has 0 bridgehead atoms. The van der Waals surface area contributed by atoms with Gasteiger partial charge in [-0.3, -0.25) is 14.4 Å². The van der Waals surface area contributed by atoms with E-state index in [2.05, 4.69) is 32.0 Å². The highest BCUT2D eigenvalue weighted by atomic mass is 16.2. The molecule has 12 heteroatoms. The standard InChI is InChI=1S/C31H37N9O3/c1-38(2)28(42)22-9-11-25-20(16-22)7-8-21-17-23(29(43)39(3)4)10-12-26(21)31(25,30-34-36-37-35-30)13-14-33-19-27(41)40-15-5-6-24(40)18-32/h9-12,16-17,24,33H,5-8,13-15,19H2,1-4H3,(H,34,35,36,37). The Bertz CT molecular complexity index is 1490. The van der Waals surface area contributed by atoms with Gasteiger partial charge in [0.05, 0.1) is 18.0 Å². The van der Waals surface area contributed by atoms with Crippen molar-refractivity contribution in [2.45, 2.75) is 43.6 Å². The number of likely N-dealkylation sites (tertiary alicyclic amines) is 1. The molecule has 2 aliphatic rings. The van der Waals surface area contributed by atoms with E-state index in [4.69, 9.17) is 0 Å².